The van der Waals surface area contributed by atoms with Crippen molar-refractivity contribution in [2.24, 2.45) is 5.73 Å². The van der Waals surface area contributed by atoms with Crippen LogP contribution in [0.3, 0.4) is 0 Å². The highest BCUT2D eigenvalue weighted by Gasteiger charge is 2.03. The monoisotopic (exact) mass is 217 g/mol. The van der Waals surface area contributed by atoms with Gasteiger partial charge in [0.1, 0.15) is 5.75 Å². The second-order valence-corrected chi connectivity index (χ2v) is 3.59. The minimum absolute atomic E-state index is 0.487. The van der Waals surface area contributed by atoms with E-state index in [0.29, 0.717) is 6.54 Å². The predicted octanol–water partition coefficient (Wildman–Crippen LogP) is 1.40. The van der Waals surface area contributed by atoms with E-state index in [9.17, 15) is 0 Å². The second kappa shape index (κ2) is 4.81. The van der Waals surface area contributed by atoms with Crippen molar-refractivity contribution in [2.75, 3.05) is 7.11 Å². The van der Waals surface area contributed by atoms with Crippen LogP contribution in [-0.4, -0.2) is 16.7 Å². The molecular formula is C12H15N3O. The van der Waals surface area contributed by atoms with Gasteiger partial charge in [0.05, 0.1) is 13.4 Å². The summed E-state index contributed by atoms with van der Waals surface area (Å²) in [6, 6.07) is 6.06. The Morgan fingerprint density at radius 1 is 1.44 bits per heavy atom. The summed E-state index contributed by atoms with van der Waals surface area (Å²) in [5.74, 6) is 0.844. The van der Waals surface area contributed by atoms with E-state index in [4.69, 9.17) is 10.5 Å². The number of hydrogen-bond acceptors (Lipinski definition) is 3. The molecule has 2 rings (SSSR count). The van der Waals surface area contributed by atoms with Crippen molar-refractivity contribution in [1.29, 1.82) is 0 Å². The molecule has 4 heteroatoms. The van der Waals surface area contributed by atoms with E-state index in [1.807, 2.05) is 22.9 Å². The maximum atomic E-state index is 5.67. The Bertz CT molecular complexity index is 451. The molecule has 0 aliphatic rings. The van der Waals surface area contributed by atoms with Gasteiger partial charge < -0.3 is 15.0 Å². The molecule has 84 valence electrons. The Kier molecular flexibility index (Phi) is 3.22. The molecule has 4 nitrogen and oxygen atoms in total. The van der Waals surface area contributed by atoms with Gasteiger partial charge in [0.15, 0.2) is 0 Å². The van der Waals surface area contributed by atoms with Crippen LogP contribution in [0.25, 0.3) is 0 Å². The lowest BCUT2D eigenvalue weighted by Gasteiger charge is -2.09. The minimum Gasteiger partial charge on any atom is -0.496 e. The van der Waals surface area contributed by atoms with Gasteiger partial charge >= 0.3 is 0 Å². The van der Waals surface area contributed by atoms with E-state index in [-0.39, 0.29) is 0 Å². The van der Waals surface area contributed by atoms with E-state index in [0.717, 1.165) is 17.9 Å². The number of nitrogens with zero attached hydrogens (tertiary/aromatic N) is 2. The van der Waals surface area contributed by atoms with Crippen molar-refractivity contribution in [3.05, 3.63) is 48.0 Å². The summed E-state index contributed by atoms with van der Waals surface area (Å²) >= 11 is 0. The molecule has 0 fully saturated rings. The molecule has 0 aliphatic heterocycles. The zero-order chi connectivity index (χ0) is 11.4. The zero-order valence-electron chi connectivity index (χ0n) is 9.26. The molecule has 1 aromatic heterocycles. The van der Waals surface area contributed by atoms with Crippen molar-refractivity contribution in [2.45, 2.75) is 13.1 Å². The number of imidazole rings is 1. The average Bonchev–Trinajstić information content (AvgIpc) is 2.81. The van der Waals surface area contributed by atoms with E-state index in [1.165, 1.54) is 5.56 Å². The van der Waals surface area contributed by atoms with Crippen molar-refractivity contribution >= 4 is 0 Å². The van der Waals surface area contributed by atoms with Crippen molar-refractivity contribution < 1.29 is 4.74 Å². The number of benzene rings is 1. The third-order valence-electron chi connectivity index (χ3n) is 2.49. The molecule has 16 heavy (non-hydrogen) atoms. The van der Waals surface area contributed by atoms with Crippen LogP contribution in [0, 0.1) is 0 Å². The van der Waals surface area contributed by atoms with Crippen LogP contribution in [0.15, 0.2) is 36.9 Å². The smallest absolute Gasteiger partial charge is 0.123 e. The Hall–Kier alpha value is -1.81. The Morgan fingerprint density at radius 3 is 2.94 bits per heavy atom. The Labute approximate surface area is 94.7 Å². The Balaban J connectivity index is 2.22. The molecular weight excluding hydrogens is 202 g/mol. The average molecular weight is 217 g/mol. The fraction of sp³-hybridized carbons (Fsp3) is 0.250. The first-order chi connectivity index (χ1) is 7.83. The van der Waals surface area contributed by atoms with Crippen LogP contribution in [0.4, 0.5) is 0 Å². The van der Waals surface area contributed by atoms with Gasteiger partial charge in [-0.05, 0) is 17.7 Å². The molecule has 0 aliphatic carbocycles. The van der Waals surface area contributed by atoms with Crippen molar-refractivity contribution in [3.8, 4) is 5.75 Å². The first kappa shape index (κ1) is 10.7. The van der Waals surface area contributed by atoms with Gasteiger partial charge in [0.25, 0.3) is 0 Å². The third-order valence-corrected chi connectivity index (χ3v) is 2.49. The molecule has 0 unspecified atom stereocenters. The Morgan fingerprint density at radius 2 is 2.31 bits per heavy atom. The van der Waals surface area contributed by atoms with Crippen LogP contribution in [0.5, 0.6) is 5.75 Å². The van der Waals surface area contributed by atoms with E-state index < -0.39 is 0 Å². The highest BCUT2D eigenvalue weighted by atomic mass is 16.5. The minimum atomic E-state index is 0.487. The van der Waals surface area contributed by atoms with Crippen LogP contribution in [0.2, 0.25) is 0 Å². The van der Waals surface area contributed by atoms with Gasteiger partial charge in [0.2, 0.25) is 0 Å². The van der Waals surface area contributed by atoms with Crippen molar-refractivity contribution in [1.82, 2.24) is 9.55 Å². The number of hydrogen-bond donors (Lipinski definition) is 1. The van der Waals surface area contributed by atoms with Gasteiger partial charge in [-0.25, -0.2) is 4.98 Å². The lowest BCUT2D eigenvalue weighted by molar-refractivity contribution is 0.409. The summed E-state index contributed by atoms with van der Waals surface area (Å²) in [4.78, 5) is 4.01. The molecule has 0 radical (unpaired) electrons. The second-order valence-electron chi connectivity index (χ2n) is 3.59. The quantitative estimate of drug-likeness (QED) is 0.842. The van der Waals surface area contributed by atoms with Crippen LogP contribution >= 0.6 is 0 Å². The predicted molar refractivity (Wildman–Crippen MR) is 62.2 cm³/mol. The SMILES string of the molecule is COc1ccc(Cn2ccnc2)cc1CN. The molecule has 0 saturated heterocycles. The lowest BCUT2D eigenvalue weighted by Crippen LogP contribution is -2.03. The molecule has 0 saturated carbocycles. The maximum absolute atomic E-state index is 5.67. The fourth-order valence-electron chi connectivity index (χ4n) is 1.68. The summed E-state index contributed by atoms with van der Waals surface area (Å²) in [6.07, 6.45) is 5.51. The maximum Gasteiger partial charge on any atom is 0.123 e. The van der Waals surface area contributed by atoms with Gasteiger partial charge in [-0.1, -0.05) is 6.07 Å². The van der Waals surface area contributed by atoms with Crippen LogP contribution in [-0.2, 0) is 13.1 Å². The van der Waals surface area contributed by atoms with E-state index >= 15 is 0 Å². The summed E-state index contributed by atoms with van der Waals surface area (Å²) in [7, 11) is 1.66. The number of rotatable bonds is 4. The number of methoxy groups -OCH3 is 1. The first-order valence-corrected chi connectivity index (χ1v) is 5.15. The standard InChI is InChI=1S/C12H15N3O/c1-16-12-3-2-10(6-11(12)7-13)8-15-5-4-14-9-15/h2-6,9H,7-8,13H2,1H3. The van der Waals surface area contributed by atoms with Crippen LogP contribution < -0.4 is 10.5 Å². The largest absolute Gasteiger partial charge is 0.496 e. The van der Waals surface area contributed by atoms with Crippen LogP contribution in [0.1, 0.15) is 11.1 Å². The molecule has 0 amide bonds. The number of nitrogens with two attached hydrogens (primary N) is 1. The normalized spacial score (nSPS) is 10.4. The zero-order valence-corrected chi connectivity index (χ0v) is 9.26. The molecule has 0 atom stereocenters. The molecule has 1 heterocycles. The number of aromatic nitrogens is 2. The molecule has 2 N–H and O–H groups in total. The van der Waals surface area contributed by atoms with Gasteiger partial charge in [-0.2, -0.15) is 0 Å². The summed E-state index contributed by atoms with van der Waals surface area (Å²) < 4.78 is 7.24. The van der Waals surface area contributed by atoms with Gasteiger partial charge in [0, 0.05) is 31.0 Å². The van der Waals surface area contributed by atoms with Gasteiger partial charge in [-0.15, -0.1) is 0 Å². The summed E-state index contributed by atoms with van der Waals surface area (Å²) in [6.45, 7) is 1.29. The van der Waals surface area contributed by atoms with Crippen molar-refractivity contribution in [3.63, 3.8) is 0 Å². The third kappa shape index (κ3) is 2.23. The summed E-state index contributed by atoms with van der Waals surface area (Å²) in [5, 5.41) is 0. The molecule has 1 aromatic carbocycles. The van der Waals surface area contributed by atoms with E-state index in [1.54, 1.807) is 19.6 Å². The molecule has 0 spiro atoms. The fourth-order valence-corrected chi connectivity index (χ4v) is 1.68. The lowest BCUT2D eigenvalue weighted by atomic mass is 10.1. The molecule has 2 aromatic rings. The highest BCUT2D eigenvalue weighted by Crippen LogP contribution is 2.19. The van der Waals surface area contributed by atoms with E-state index in [2.05, 4.69) is 11.1 Å². The summed E-state index contributed by atoms with van der Waals surface area (Å²) in [5.41, 5.74) is 7.89. The topological polar surface area (TPSA) is 53.1 Å². The molecule has 0 bridgehead atoms. The van der Waals surface area contributed by atoms with Gasteiger partial charge in [-0.3, -0.25) is 0 Å². The first-order valence-electron chi connectivity index (χ1n) is 5.15. The number of ether oxygens (including phenoxy) is 1. The highest BCUT2D eigenvalue weighted by molar-refractivity contribution is 5.37.